The summed E-state index contributed by atoms with van der Waals surface area (Å²) in [6.45, 7) is 1.90. The van der Waals surface area contributed by atoms with Gasteiger partial charge in [-0.05, 0) is 31.4 Å². The van der Waals surface area contributed by atoms with E-state index in [4.69, 9.17) is 8.94 Å². The van der Waals surface area contributed by atoms with Gasteiger partial charge in [0.2, 0.25) is 11.7 Å². The molecule has 2 atom stereocenters. The zero-order valence-corrected chi connectivity index (χ0v) is 11.2. The summed E-state index contributed by atoms with van der Waals surface area (Å²) < 4.78 is 10.6. The summed E-state index contributed by atoms with van der Waals surface area (Å²) in [6, 6.07) is 1.83. The van der Waals surface area contributed by atoms with E-state index in [1.54, 1.807) is 6.26 Å². The Labute approximate surface area is 115 Å². The van der Waals surface area contributed by atoms with Gasteiger partial charge in [0.15, 0.2) is 5.76 Å². The van der Waals surface area contributed by atoms with Crippen LogP contribution in [0.1, 0.15) is 43.1 Å². The van der Waals surface area contributed by atoms with Crippen molar-refractivity contribution in [1.82, 2.24) is 10.1 Å². The van der Waals surface area contributed by atoms with Crippen LogP contribution in [0.4, 0.5) is 0 Å². The van der Waals surface area contributed by atoms with Crippen LogP contribution < -0.4 is 0 Å². The maximum absolute atomic E-state index is 11.3. The second-order valence-electron chi connectivity index (χ2n) is 5.22. The lowest BCUT2D eigenvalue weighted by Gasteiger charge is -2.25. The van der Waals surface area contributed by atoms with Crippen LogP contribution in [-0.4, -0.2) is 21.2 Å². The number of hydrogen-bond acceptors (Lipinski definition) is 5. The van der Waals surface area contributed by atoms with Gasteiger partial charge >= 0.3 is 5.97 Å². The molecule has 20 heavy (non-hydrogen) atoms. The lowest BCUT2D eigenvalue weighted by atomic mass is 9.79. The molecule has 2 aromatic heterocycles. The number of nitrogens with zero attached hydrogens (tertiary/aromatic N) is 2. The first kappa shape index (κ1) is 12.9. The fourth-order valence-electron chi connectivity index (χ4n) is 2.80. The molecule has 6 heteroatoms. The third-order valence-electron chi connectivity index (χ3n) is 3.91. The normalized spacial score (nSPS) is 22.9. The number of hydrogen-bond donors (Lipinski definition) is 1. The molecule has 1 aliphatic carbocycles. The zero-order chi connectivity index (χ0) is 14.1. The van der Waals surface area contributed by atoms with Crippen LogP contribution in [0.5, 0.6) is 0 Å². The summed E-state index contributed by atoms with van der Waals surface area (Å²) in [7, 11) is 0. The number of carboxylic acids is 1. The van der Waals surface area contributed by atoms with Crippen LogP contribution >= 0.6 is 0 Å². The average Bonchev–Trinajstić information content (AvgIpc) is 3.07. The van der Waals surface area contributed by atoms with Crippen molar-refractivity contribution in [2.45, 2.75) is 38.5 Å². The average molecular weight is 276 g/mol. The molecule has 0 aliphatic heterocycles. The third-order valence-corrected chi connectivity index (χ3v) is 3.91. The smallest absolute Gasteiger partial charge is 0.307 e. The monoisotopic (exact) mass is 276 g/mol. The van der Waals surface area contributed by atoms with E-state index in [1.165, 1.54) is 0 Å². The number of rotatable bonds is 3. The van der Waals surface area contributed by atoms with Gasteiger partial charge in [-0.25, -0.2) is 0 Å². The van der Waals surface area contributed by atoms with Crippen molar-refractivity contribution < 1.29 is 18.8 Å². The number of furan rings is 1. The minimum absolute atomic E-state index is 0.197. The second-order valence-corrected chi connectivity index (χ2v) is 5.22. The van der Waals surface area contributed by atoms with Crippen molar-refractivity contribution in [2.75, 3.05) is 0 Å². The van der Waals surface area contributed by atoms with Gasteiger partial charge in [0, 0.05) is 0 Å². The van der Waals surface area contributed by atoms with E-state index >= 15 is 0 Å². The highest BCUT2D eigenvalue weighted by Gasteiger charge is 2.35. The summed E-state index contributed by atoms with van der Waals surface area (Å²) in [5, 5.41) is 13.2. The Morgan fingerprint density at radius 3 is 2.90 bits per heavy atom. The third kappa shape index (κ3) is 2.21. The SMILES string of the molecule is Cc1ccoc1-c1noc(C2CCCCC2C(=O)O)n1. The number of aryl methyl sites for hydroxylation is 1. The highest BCUT2D eigenvalue weighted by molar-refractivity contribution is 5.71. The Bertz CT molecular complexity index is 616. The quantitative estimate of drug-likeness (QED) is 0.926. The first-order valence-electron chi connectivity index (χ1n) is 6.77. The summed E-state index contributed by atoms with van der Waals surface area (Å²) in [5.41, 5.74) is 0.927. The van der Waals surface area contributed by atoms with E-state index in [2.05, 4.69) is 10.1 Å². The van der Waals surface area contributed by atoms with Crippen LogP contribution in [0, 0.1) is 12.8 Å². The molecular weight excluding hydrogens is 260 g/mol. The van der Waals surface area contributed by atoms with Crippen LogP contribution in [0.2, 0.25) is 0 Å². The largest absolute Gasteiger partial charge is 0.481 e. The van der Waals surface area contributed by atoms with E-state index < -0.39 is 11.9 Å². The van der Waals surface area contributed by atoms with Crippen LogP contribution in [0.25, 0.3) is 11.6 Å². The molecule has 0 bridgehead atoms. The highest BCUT2D eigenvalue weighted by atomic mass is 16.5. The van der Waals surface area contributed by atoms with Gasteiger partial charge in [0.25, 0.3) is 0 Å². The van der Waals surface area contributed by atoms with Crippen LogP contribution in [0.3, 0.4) is 0 Å². The van der Waals surface area contributed by atoms with Crippen molar-refractivity contribution in [2.24, 2.45) is 5.92 Å². The van der Waals surface area contributed by atoms with Gasteiger partial charge in [-0.15, -0.1) is 0 Å². The summed E-state index contributed by atoms with van der Waals surface area (Å²) in [5.74, 6) is -0.0565. The van der Waals surface area contributed by atoms with E-state index in [0.717, 1.165) is 24.8 Å². The van der Waals surface area contributed by atoms with Gasteiger partial charge in [-0.3, -0.25) is 4.79 Å². The highest BCUT2D eigenvalue weighted by Crippen LogP contribution is 2.38. The van der Waals surface area contributed by atoms with Crippen molar-refractivity contribution >= 4 is 5.97 Å². The lowest BCUT2D eigenvalue weighted by molar-refractivity contribution is -0.143. The Morgan fingerprint density at radius 2 is 2.20 bits per heavy atom. The second kappa shape index (κ2) is 5.11. The molecule has 2 heterocycles. The minimum atomic E-state index is -0.788. The Morgan fingerprint density at radius 1 is 1.40 bits per heavy atom. The molecular formula is C14H16N2O4. The lowest BCUT2D eigenvalue weighted by Crippen LogP contribution is -2.25. The van der Waals surface area contributed by atoms with E-state index in [0.29, 0.717) is 23.9 Å². The molecule has 0 aromatic carbocycles. The molecule has 0 amide bonds. The van der Waals surface area contributed by atoms with E-state index in [1.807, 2.05) is 13.0 Å². The summed E-state index contributed by atoms with van der Waals surface area (Å²) in [4.78, 5) is 15.7. The topological polar surface area (TPSA) is 89.4 Å². The first-order chi connectivity index (χ1) is 9.66. The van der Waals surface area contributed by atoms with Crippen LogP contribution in [-0.2, 0) is 4.79 Å². The molecule has 1 aliphatic rings. The molecule has 0 radical (unpaired) electrons. The van der Waals surface area contributed by atoms with Crippen LogP contribution in [0.15, 0.2) is 21.3 Å². The minimum Gasteiger partial charge on any atom is -0.481 e. The number of carbonyl (C=O) groups is 1. The molecule has 2 unspecified atom stereocenters. The molecule has 1 fully saturated rings. The van der Waals surface area contributed by atoms with Gasteiger partial charge in [-0.2, -0.15) is 4.98 Å². The first-order valence-corrected chi connectivity index (χ1v) is 6.77. The molecule has 106 valence electrons. The van der Waals surface area contributed by atoms with E-state index in [9.17, 15) is 9.90 Å². The molecule has 0 saturated heterocycles. The molecule has 2 aromatic rings. The summed E-state index contributed by atoms with van der Waals surface area (Å²) >= 11 is 0. The van der Waals surface area contributed by atoms with Crippen molar-refractivity contribution in [3.8, 4) is 11.6 Å². The Hall–Kier alpha value is -2.11. The van der Waals surface area contributed by atoms with Gasteiger partial charge in [-0.1, -0.05) is 18.0 Å². The van der Waals surface area contributed by atoms with Gasteiger partial charge in [0.1, 0.15) is 0 Å². The van der Waals surface area contributed by atoms with Gasteiger partial charge in [0.05, 0.1) is 18.1 Å². The number of aromatic nitrogens is 2. The van der Waals surface area contributed by atoms with E-state index in [-0.39, 0.29) is 5.92 Å². The standard InChI is InChI=1S/C14H16N2O4/c1-8-6-7-19-11(8)12-15-13(20-16-12)9-4-2-3-5-10(9)14(17)18/h6-7,9-10H,2-5H2,1H3,(H,17,18). The molecule has 6 nitrogen and oxygen atoms in total. The Kier molecular flexibility index (Phi) is 3.30. The van der Waals surface area contributed by atoms with Crippen molar-refractivity contribution in [3.63, 3.8) is 0 Å². The Balaban J connectivity index is 1.89. The zero-order valence-electron chi connectivity index (χ0n) is 11.2. The molecule has 1 N–H and O–H groups in total. The fourth-order valence-corrected chi connectivity index (χ4v) is 2.80. The maximum atomic E-state index is 11.3. The summed E-state index contributed by atoms with van der Waals surface area (Å²) in [6.07, 6.45) is 4.94. The molecule has 3 rings (SSSR count). The molecule has 1 saturated carbocycles. The predicted molar refractivity (Wildman–Crippen MR) is 69.1 cm³/mol. The van der Waals surface area contributed by atoms with Crippen molar-refractivity contribution in [1.29, 1.82) is 0 Å². The number of aliphatic carboxylic acids is 1. The fraction of sp³-hybridized carbons (Fsp3) is 0.500. The van der Waals surface area contributed by atoms with Crippen molar-refractivity contribution in [3.05, 3.63) is 23.8 Å². The van der Waals surface area contributed by atoms with Gasteiger partial charge < -0.3 is 14.0 Å². The number of carboxylic acid groups (broad SMARTS) is 1. The maximum Gasteiger partial charge on any atom is 0.307 e. The predicted octanol–water partition coefficient (Wildman–Crippen LogP) is 3.00. The molecule has 0 spiro atoms.